The quantitative estimate of drug-likeness (QED) is 0.879. The van der Waals surface area contributed by atoms with Crippen molar-refractivity contribution in [3.8, 4) is 5.88 Å². The van der Waals surface area contributed by atoms with Crippen molar-refractivity contribution in [1.29, 1.82) is 0 Å². The highest BCUT2D eigenvalue weighted by atomic mass is 79.9. The first-order valence-corrected chi connectivity index (χ1v) is 5.59. The molecule has 86 valence electrons. The number of aromatic nitrogens is 1. The largest absolute Gasteiger partial charge is 0.481 e. The Bertz CT molecular complexity index is 425. The third-order valence-corrected chi connectivity index (χ3v) is 3.03. The first-order chi connectivity index (χ1) is 7.61. The second kappa shape index (κ2) is 4.39. The van der Waals surface area contributed by atoms with Crippen molar-refractivity contribution in [2.75, 3.05) is 18.6 Å². The van der Waals surface area contributed by atoms with E-state index >= 15 is 0 Å². The summed E-state index contributed by atoms with van der Waals surface area (Å²) in [6.07, 6.45) is 1.14. The fraction of sp³-hybridized carbons (Fsp3) is 0.400. The fourth-order valence-electron chi connectivity index (χ4n) is 1.65. The number of carbonyl (C=O) groups excluding carboxylic acids is 1. The zero-order valence-corrected chi connectivity index (χ0v) is 10.3. The molecule has 1 aliphatic rings. The topological polar surface area (TPSA) is 62.7 Å². The van der Waals surface area contributed by atoms with Gasteiger partial charge in [0.2, 0.25) is 11.8 Å². The van der Waals surface area contributed by atoms with E-state index in [4.69, 9.17) is 4.74 Å². The lowest BCUT2D eigenvalue weighted by molar-refractivity contribution is -0.117. The lowest BCUT2D eigenvalue weighted by Gasteiger charge is -2.17. The van der Waals surface area contributed by atoms with Crippen LogP contribution in [0.4, 0.5) is 5.69 Å². The van der Waals surface area contributed by atoms with Crippen LogP contribution >= 0.6 is 15.9 Å². The Morgan fingerprint density at radius 2 is 2.44 bits per heavy atom. The molecule has 0 aliphatic carbocycles. The molecule has 1 N–H and O–H groups in total. The number of carbonyl (C=O) groups is 1. The molecule has 1 atom stereocenters. The van der Waals surface area contributed by atoms with Crippen LogP contribution in [-0.4, -0.2) is 35.8 Å². The van der Waals surface area contributed by atoms with E-state index in [0.717, 1.165) is 0 Å². The second-order valence-electron chi connectivity index (χ2n) is 3.54. The lowest BCUT2D eigenvalue weighted by Crippen LogP contribution is -2.25. The van der Waals surface area contributed by atoms with Gasteiger partial charge in [0.25, 0.3) is 0 Å². The predicted molar refractivity (Wildman–Crippen MR) is 61.5 cm³/mol. The maximum Gasteiger partial charge on any atom is 0.229 e. The molecule has 0 bridgehead atoms. The summed E-state index contributed by atoms with van der Waals surface area (Å²) in [6, 6.07) is 1.67. The van der Waals surface area contributed by atoms with Crippen molar-refractivity contribution in [1.82, 2.24) is 4.98 Å². The molecule has 0 aromatic carbocycles. The summed E-state index contributed by atoms with van der Waals surface area (Å²) in [4.78, 5) is 17.2. The van der Waals surface area contributed by atoms with Gasteiger partial charge in [-0.05, 0) is 15.9 Å². The first kappa shape index (κ1) is 11.3. The van der Waals surface area contributed by atoms with Gasteiger partial charge in [-0.25, -0.2) is 4.98 Å². The molecular weight excluding hydrogens is 276 g/mol. The number of aliphatic hydroxyl groups is 1. The lowest BCUT2D eigenvalue weighted by atomic mass is 10.3. The maximum atomic E-state index is 11.6. The Hall–Kier alpha value is -1.14. The molecule has 2 rings (SSSR count). The number of rotatable bonds is 2. The number of aliphatic hydroxyl groups excluding tert-OH is 1. The molecule has 1 fully saturated rings. The second-order valence-corrected chi connectivity index (χ2v) is 4.39. The minimum Gasteiger partial charge on any atom is -0.481 e. The van der Waals surface area contributed by atoms with Gasteiger partial charge in [0.1, 0.15) is 0 Å². The average molecular weight is 287 g/mol. The van der Waals surface area contributed by atoms with Gasteiger partial charge in [-0.1, -0.05) is 0 Å². The monoisotopic (exact) mass is 286 g/mol. The number of amides is 1. The summed E-state index contributed by atoms with van der Waals surface area (Å²) in [5.74, 6) is 0.342. The van der Waals surface area contributed by atoms with Crippen LogP contribution in [0.25, 0.3) is 0 Å². The molecule has 0 saturated carbocycles. The van der Waals surface area contributed by atoms with E-state index in [1.54, 1.807) is 12.3 Å². The minimum absolute atomic E-state index is 0.0959. The van der Waals surface area contributed by atoms with Crippen molar-refractivity contribution >= 4 is 27.5 Å². The van der Waals surface area contributed by atoms with Gasteiger partial charge in [-0.2, -0.15) is 0 Å². The van der Waals surface area contributed by atoms with Gasteiger partial charge in [0.15, 0.2) is 0 Å². The SMILES string of the molecule is COc1cc(N2CC(O)CC2=O)c(Br)cn1. The van der Waals surface area contributed by atoms with Crippen LogP contribution in [-0.2, 0) is 4.79 Å². The Balaban J connectivity index is 2.35. The van der Waals surface area contributed by atoms with E-state index in [2.05, 4.69) is 20.9 Å². The van der Waals surface area contributed by atoms with Crippen LogP contribution in [0.5, 0.6) is 5.88 Å². The van der Waals surface area contributed by atoms with Crippen LogP contribution < -0.4 is 9.64 Å². The normalized spacial score (nSPS) is 20.3. The van der Waals surface area contributed by atoms with Gasteiger partial charge in [0, 0.05) is 12.3 Å². The van der Waals surface area contributed by atoms with Crippen LogP contribution in [0.3, 0.4) is 0 Å². The van der Waals surface area contributed by atoms with Gasteiger partial charge < -0.3 is 14.7 Å². The van der Waals surface area contributed by atoms with Crippen molar-refractivity contribution < 1.29 is 14.6 Å². The Labute approximate surface area is 101 Å². The number of pyridine rings is 1. The van der Waals surface area contributed by atoms with Crippen LogP contribution in [0.15, 0.2) is 16.7 Å². The minimum atomic E-state index is -0.599. The van der Waals surface area contributed by atoms with E-state index in [1.807, 2.05) is 0 Å². The molecule has 0 spiro atoms. The van der Waals surface area contributed by atoms with Crippen molar-refractivity contribution in [2.45, 2.75) is 12.5 Å². The summed E-state index contributed by atoms with van der Waals surface area (Å²) < 4.78 is 5.70. The molecule has 5 nitrogen and oxygen atoms in total. The fourth-order valence-corrected chi connectivity index (χ4v) is 2.08. The number of methoxy groups -OCH3 is 1. The average Bonchev–Trinajstić information content (AvgIpc) is 2.58. The zero-order chi connectivity index (χ0) is 11.7. The molecule has 6 heteroatoms. The number of hydrogen-bond acceptors (Lipinski definition) is 4. The molecule has 1 unspecified atom stereocenters. The maximum absolute atomic E-state index is 11.6. The van der Waals surface area contributed by atoms with Crippen molar-refractivity contribution in [3.63, 3.8) is 0 Å². The predicted octanol–water partition coefficient (Wildman–Crippen LogP) is 0.950. The van der Waals surface area contributed by atoms with Crippen molar-refractivity contribution in [2.24, 2.45) is 0 Å². The molecule has 1 aromatic rings. The number of β-amino-alcohol motifs (C(OH)–C–C–N with tert-alkyl or cyclic N) is 1. The Morgan fingerprint density at radius 1 is 1.69 bits per heavy atom. The summed E-state index contributed by atoms with van der Waals surface area (Å²) in [5.41, 5.74) is 0.674. The molecule has 1 aliphatic heterocycles. The third-order valence-electron chi connectivity index (χ3n) is 2.41. The number of ether oxygens (including phenoxy) is 1. The van der Waals surface area contributed by atoms with Crippen LogP contribution in [0.1, 0.15) is 6.42 Å². The van der Waals surface area contributed by atoms with E-state index in [9.17, 15) is 9.90 Å². The highest BCUT2D eigenvalue weighted by Gasteiger charge is 2.30. The molecule has 1 aromatic heterocycles. The number of nitrogens with zero attached hydrogens (tertiary/aromatic N) is 2. The Kier molecular flexibility index (Phi) is 3.11. The number of halogens is 1. The number of anilines is 1. The molecular formula is C10H11BrN2O3. The smallest absolute Gasteiger partial charge is 0.229 e. The first-order valence-electron chi connectivity index (χ1n) is 4.80. The van der Waals surface area contributed by atoms with E-state index in [1.165, 1.54) is 12.0 Å². The zero-order valence-electron chi connectivity index (χ0n) is 8.68. The van der Waals surface area contributed by atoms with E-state index in [-0.39, 0.29) is 12.3 Å². The van der Waals surface area contributed by atoms with E-state index < -0.39 is 6.10 Å². The summed E-state index contributed by atoms with van der Waals surface area (Å²) in [7, 11) is 1.51. The summed E-state index contributed by atoms with van der Waals surface area (Å²) in [5, 5.41) is 9.42. The molecule has 2 heterocycles. The van der Waals surface area contributed by atoms with Crippen LogP contribution in [0.2, 0.25) is 0 Å². The number of hydrogen-bond donors (Lipinski definition) is 1. The Morgan fingerprint density at radius 3 is 3.00 bits per heavy atom. The van der Waals surface area contributed by atoms with Gasteiger partial charge >= 0.3 is 0 Å². The molecule has 16 heavy (non-hydrogen) atoms. The van der Waals surface area contributed by atoms with Crippen LogP contribution in [0, 0.1) is 0 Å². The van der Waals surface area contributed by atoms with Gasteiger partial charge in [-0.3, -0.25) is 4.79 Å². The summed E-state index contributed by atoms with van der Waals surface area (Å²) >= 11 is 3.32. The summed E-state index contributed by atoms with van der Waals surface area (Å²) in [6.45, 7) is 0.310. The molecule has 1 saturated heterocycles. The highest BCUT2D eigenvalue weighted by molar-refractivity contribution is 9.10. The van der Waals surface area contributed by atoms with E-state index in [0.29, 0.717) is 22.6 Å². The third kappa shape index (κ3) is 2.03. The van der Waals surface area contributed by atoms with Gasteiger partial charge in [-0.15, -0.1) is 0 Å². The van der Waals surface area contributed by atoms with Crippen molar-refractivity contribution in [3.05, 3.63) is 16.7 Å². The highest BCUT2D eigenvalue weighted by Crippen LogP contribution is 2.31. The van der Waals surface area contributed by atoms with Gasteiger partial charge in [0.05, 0.1) is 36.3 Å². The standard InChI is InChI=1S/C10H11BrN2O3/c1-16-9-3-8(7(11)4-12-9)13-5-6(14)2-10(13)15/h3-4,6,14H,2,5H2,1H3. The molecule has 0 radical (unpaired) electrons. The molecule has 1 amide bonds.